The number of aliphatic hydroxyl groups excluding tert-OH is 4. The Hall–Kier alpha value is -8.07. The Kier molecular flexibility index (Phi) is 33.7. The molecule has 32 nitrogen and oxygen atoms in total. The van der Waals surface area contributed by atoms with Crippen LogP contribution in [-0.4, -0.2) is 215 Å². The Morgan fingerprint density at radius 3 is 1.75 bits per heavy atom. The minimum Gasteiger partial charge on any atom is -0.453 e. The van der Waals surface area contributed by atoms with Crippen molar-refractivity contribution in [3.8, 4) is 0 Å². The third-order valence-electron chi connectivity index (χ3n) is 14.9. The number of hydrogen-bond acceptors (Lipinski definition) is 19. The highest BCUT2D eigenvalue weighted by atomic mass is 16.5. The Balaban J connectivity index is 3.16. The van der Waals surface area contributed by atoms with Crippen molar-refractivity contribution < 1.29 is 82.7 Å². The van der Waals surface area contributed by atoms with Crippen LogP contribution in [0.2, 0.25) is 0 Å². The number of guanidine groups is 1. The largest absolute Gasteiger partial charge is 0.453 e. The molecule has 1 heterocycles. The smallest absolute Gasteiger partial charge is 0.331 e. The third-order valence-corrected chi connectivity index (χ3v) is 14.9. The molecule has 518 valence electrons. The Labute approximate surface area is 537 Å². The molecule has 0 unspecified atom stereocenters. The van der Waals surface area contributed by atoms with E-state index in [1.807, 2.05) is 13.8 Å². The van der Waals surface area contributed by atoms with Gasteiger partial charge in [-0.05, 0) is 74.2 Å². The predicted molar refractivity (Wildman–Crippen MR) is 335 cm³/mol. The predicted octanol–water partition coefficient (Wildman–Crippen LogP) is -4.62. The molecule has 1 aliphatic heterocycles. The normalized spacial score (nSPS) is 24.4. The third kappa shape index (κ3) is 25.9. The maximum atomic E-state index is 15.4. The second kappa shape index (κ2) is 38.7. The van der Waals surface area contributed by atoms with Crippen molar-refractivity contribution in [1.29, 1.82) is 5.41 Å². The molecule has 15 atom stereocenters. The second-order valence-electron chi connectivity index (χ2n) is 24.9. The van der Waals surface area contributed by atoms with Crippen molar-refractivity contribution in [1.82, 2.24) is 63.4 Å². The molecule has 1 aliphatic rings. The SMILES string of the molecule is CC[C@H](C)[C@@H]1NC(=O)[C@@H](CCCNC(=N)N)NC(=O)[C@H](CC(C)C)NC(=O)[C@H]([C@H](O)C(C)C)NC(=O)[C@@H](NC(=O)[C@H](CC(C)C)NC(=O)[C@H](N)CC(C)C)[C@@H](c2ccccc2)OC(=O)[C@H](CO)NC(=O)[C@H]([C@H](O)C(=O)N(C)C)NC(=O)CNC(=O)[C@H]([C@H](C)O)NC1=O. The van der Waals surface area contributed by atoms with Crippen LogP contribution < -0.4 is 70.0 Å². The topological polar surface area (TPSA) is 506 Å². The molecule has 1 aromatic rings. The van der Waals surface area contributed by atoms with Crippen LogP contribution in [0.1, 0.15) is 126 Å². The summed E-state index contributed by atoms with van der Waals surface area (Å²) in [7, 11) is 2.38. The first-order valence-corrected chi connectivity index (χ1v) is 30.9. The lowest BCUT2D eigenvalue weighted by Gasteiger charge is -2.34. The number of hydrogen-bond donors (Lipinski definition) is 18. The van der Waals surface area contributed by atoms with E-state index in [9.17, 15) is 73.2 Å². The van der Waals surface area contributed by atoms with Gasteiger partial charge in [-0.3, -0.25) is 58.1 Å². The van der Waals surface area contributed by atoms with Crippen LogP contribution in [0.3, 0.4) is 0 Å². The van der Waals surface area contributed by atoms with Gasteiger partial charge in [0.25, 0.3) is 5.91 Å². The van der Waals surface area contributed by atoms with Crippen molar-refractivity contribution in [2.75, 3.05) is 33.8 Å². The number of cyclic esters (lactones) is 1. The van der Waals surface area contributed by atoms with E-state index >= 15 is 4.79 Å². The number of aliphatic hydroxyl groups is 4. The highest BCUT2D eigenvalue weighted by Gasteiger charge is 2.44. The van der Waals surface area contributed by atoms with E-state index in [4.69, 9.17) is 21.6 Å². The van der Waals surface area contributed by atoms with Crippen LogP contribution in [0.25, 0.3) is 0 Å². The second-order valence-corrected chi connectivity index (χ2v) is 24.9. The van der Waals surface area contributed by atoms with Crippen LogP contribution in [0.4, 0.5) is 0 Å². The first kappa shape index (κ1) is 80.0. The minimum absolute atomic E-state index is 0.0179. The number of nitrogens with one attached hydrogen (secondary N) is 12. The van der Waals surface area contributed by atoms with Gasteiger partial charge in [-0.2, -0.15) is 0 Å². The summed E-state index contributed by atoms with van der Waals surface area (Å²) in [5.74, 6) is -16.7. The maximum Gasteiger partial charge on any atom is 0.331 e. The number of nitrogens with zero attached hydrogens (tertiary/aromatic N) is 1. The van der Waals surface area contributed by atoms with Gasteiger partial charge in [-0.25, -0.2) is 4.79 Å². The van der Waals surface area contributed by atoms with Crippen LogP contribution in [0.15, 0.2) is 30.3 Å². The molecule has 1 saturated heterocycles. The molecule has 32 heteroatoms. The van der Waals surface area contributed by atoms with Gasteiger partial charge in [0.2, 0.25) is 59.1 Å². The lowest BCUT2D eigenvalue weighted by atomic mass is 9.95. The molecule has 1 aromatic carbocycles. The number of benzene rings is 1. The van der Waals surface area contributed by atoms with Gasteiger partial charge >= 0.3 is 5.97 Å². The zero-order valence-electron chi connectivity index (χ0n) is 54.9. The lowest BCUT2D eigenvalue weighted by Crippen LogP contribution is -2.64. The molecule has 20 N–H and O–H groups in total. The molecule has 0 bridgehead atoms. The van der Waals surface area contributed by atoms with Crippen molar-refractivity contribution in [3.63, 3.8) is 0 Å². The fourth-order valence-electron chi connectivity index (χ4n) is 9.52. The van der Waals surface area contributed by atoms with Crippen LogP contribution in [0, 0.1) is 35.0 Å². The van der Waals surface area contributed by atoms with E-state index < -0.39 is 187 Å². The van der Waals surface area contributed by atoms with Gasteiger partial charge in [0.05, 0.1) is 31.4 Å². The standard InChI is InChI=1S/C60H101N15O17/c1-14-32(10)41-54(86)72-42(33(11)77)53(85)65-26-40(78)70-44(47(80)58(90)75(12)13)56(88)69-39(27-76)59(91)92-48(34-19-16-15-17-20-34)45(74-52(84)38(25-30(6)7)67-49(81)35(61)23-28(2)3)57(89)73-43(46(79)31(8)9)55(87)68-37(24-29(4)5)51(83)66-36(50(82)71-41)21-18-22-64-60(62)63/h15-17,19-20,28-33,35-39,41-48,76-77,79-80H,14,18,21-27,61H2,1-13H3,(H,65,85)(H,66,83)(H,67,81)(H,68,87)(H,69,88)(H,70,78)(H,71,82)(H,72,86)(H,73,89)(H,74,84)(H4,62,63,64)/t32-,33-,35+,36+,37-,38-,39-,41-,42-,43-,44-,45-,46+,47-,48+/m0/s1. The molecular formula is C60H101N15O17. The van der Waals surface area contributed by atoms with Crippen molar-refractivity contribution in [2.45, 2.75) is 200 Å². The summed E-state index contributed by atoms with van der Waals surface area (Å²) in [6.07, 6.45) is -7.85. The van der Waals surface area contributed by atoms with E-state index in [1.54, 1.807) is 41.5 Å². The summed E-state index contributed by atoms with van der Waals surface area (Å²) >= 11 is 0. The number of esters is 1. The monoisotopic (exact) mass is 1300 g/mol. The zero-order chi connectivity index (χ0) is 70.0. The Morgan fingerprint density at radius 2 is 1.22 bits per heavy atom. The quantitative estimate of drug-likeness (QED) is 0.0212. The molecule has 0 radical (unpaired) electrons. The summed E-state index contributed by atoms with van der Waals surface area (Å²) in [5, 5.41) is 79.2. The first-order chi connectivity index (χ1) is 42.9. The number of nitrogens with two attached hydrogens (primary N) is 2. The number of amides is 11. The van der Waals surface area contributed by atoms with E-state index in [0.717, 1.165) is 11.8 Å². The number of carbonyl (C=O) groups excluding carboxylic acids is 12. The minimum atomic E-state index is -2.44. The van der Waals surface area contributed by atoms with Crippen LogP contribution in [-0.2, 0) is 62.3 Å². The molecule has 11 amide bonds. The number of ether oxygens (including phenoxy) is 1. The van der Waals surface area contributed by atoms with Gasteiger partial charge in [0, 0.05) is 20.6 Å². The van der Waals surface area contributed by atoms with E-state index in [0.29, 0.717) is 0 Å². The summed E-state index contributed by atoms with van der Waals surface area (Å²) in [4.78, 5) is 172. The molecule has 92 heavy (non-hydrogen) atoms. The summed E-state index contributed by atoms with van der Waals surface area (Å²) in [5.41, 5.74) is 11.7. The number of likely N-dealkylation sites (N-methyl/N-ethyl adjacent to an activating group) is 1. The lowest BCUT2D eigenvalue weighted by molar-refractivity contribution is -0.159. The summed E-state index contributed by atoms with van der Waals surface area (Å²) in [6.45, 7) is 15.5. The zero-order valence-corrected chi connectivity index (χ0v) is 54.9. The van der Waals surface area contributed by atoms with Gasteiger partial charge in [0.15, 0.2) is 24.2 Å². The van der Waals surface area contributed by atoms with Crippen molar-refractivity contribution in [3.05, 3.63) is 35.9 Å². The van der Waals surface area contributed by atoms with Crippen LogP contribution >= 0.6 is 0 Å². The number of carbonyl (C=O) groups is 12. The van der Waals surface area contributed by atoms with Gasteiger partial charge in [-0.15, -0.1) is 0 Å². The first-order valence-electron chi connectivity index (χ1n) is 30.9. The number of rotatable bonds is 23. The average Bonchev–Trinajstić information content (AvgIpc) is 0.849. The molecule has 2 rings (SSSR count). The fourth-order valence-corrected chi connectivity index (χ4v) is 9.52. The Morgan fingerprint density at radius 1 is 0.674 bits per heavy atom. The maximum absolute atomic E-state index is 15.4. The Bertz CT molecular complexity index is 2680. The van der Waals surface area contributed by atoms with Gasteiger partial charge in [0.1, 0.15) is 48.3 Å². The molecule has 0 aromatic heterocycles. The molecule has 0 saturated carbocycles. The fraction of sp³-hybridized carbons (Fsp3) is 0.683. The molecular weight excluding hydrogens is 1200 g/mol. The summed E-state index contributed by atoms with van der Waals surface area (Å²) in [6, 6.07) is -10.6. The van der Waals surface area contributed by atoms with E-state index in [2.05, 4.69) is 58.5 Å². The molecule has 0 aliphatic carbocycles. The molecule has 1 fully saturated rings. The highest BCUT2D eigenvalue weighted by Crippen LogP contribution is 2.25. The van der Waals surface area contributed by atoms with Crippen molar-refractivity contribution in [2.24, 2.45) is 41.1 Å². The van der Waals surface area contributed by atoms with E-state index in [1.165, 1.54) is 58.3 Å². The summed E-state index contributed by atoms with van der Waals surface area (Å²) < 4.78 is 5.97. The molecule has 0 spiro atoms. The van der Waals surface area contributed by atoms with Crippen molar-refractivity contribution >= 4 is 76.9 Å². The van der Waals surface area contributed by atoms with E-state index in [-0.39, 0.29) is 68.4 Å². The average molecular weight is 1300 g/mol. The van der Waals surface area contributed by atoms with Crippen LogP contribution in [0.5, 0.6) is 0 Å². The van der Waals surface area contributed by atoms with Gasteiger partial charge in [-0.1, -0.05) is 106 Å². The van der Waals surface area contributed by atoms with Gasteiger partial charge < -0.3 is 100 Å². The highest BCUT2D eigenvalue weighted by molar-refractivity contribution is 6.00.